The number of carbonyl (C=O) groups excluding carboxylic acids is 1. The Bertz CT molecular complexity index is 657. The van der Waals surface area contributed by atoms with Crippen molar-refractivity contribution in [1.29, 1.82) is 5.26 Å². The Labute approximate surface area is 123 Å². The van der Waals surface area contributed by atoms with Crippen molar-refractivity contribution in [3.8, 4) is 6.07 Å². The maximum atomic E-state index is 12.2. The van der Waals surface area contributed by atoms with Crippen LogP contribution in [0.4, 0.5) is 0 Å². The van der Waals surface area contributed by atoms with Crippen LogP contribution in [0.25, 0.3) is 0 Å². The number of carbonyl (C=O) groups is 1. The van der Waals surface area contributed by atoms with E-state index >= 15 is 0 Å². The fourth-order valence-corrected chi connectivity index (χ4v) is 2.32. The molecule has 0 aliphatic rings. The van der Waals surface area contributed by atoms with Gasteiger partial charge in [0.1, 0.15) is 11.8 Å². The monoisotopic (exact) mass is 285 g/mol. The molecule has 0 aromatic carbocycles. The highest BCUT2D eigenvalue weighted by molar-refractivity contribution is 5.92. The maximum absolute atomic E-state index is 12.2. The number of hydrogen-bond donors (Lipinski definition) is 2. The summed E-state index contributed by atoms with van der Waals surface area (Å²) in [5.74, 6) is -0.0999. The zero-order valence-electron chi connectivity index (χ0n) is 12.5. The third-order valence-corrected chi connectivity index (χ3v) is 3.59. The van der Waals surface area contributed by atoms with Gasteiger partial charge in [-0.15, -0.1) is 0 Å². The zero-order valence-corrected chi connectivity index (χ0v) is 12.5. The van der Waals surface area contributed by atoms with Crippen molar-refractivity contribution in [2.45, 2.75) is 26.7 Å². The molecule has 0 radical (unpaired) electrons. The lowest BCUT2D eigenvalue weighted by Crippen LogP contribution is -2.28. The molecule has 0 saturated heterocycles. The quantitative estimate of drug-likeness (QED) is 0.879. The van der Waals surface area contributed by atoms with Gasteiger partial charge in [-0.2, -0.15) is 10.4 Å². The molecule has 2 rings (SSSR count). The van der Waals surface area contributed by atoms with Crippen LogP contribution < -0.4 is 0 Å². The molecule has 0 saturated carbocycles. The van der Waals surface area contributed by atoms with Crippen LogP contribution in [0.5, 0.6) is 0 Å². The molecule has 1 amide bonds. The lowest BCUT2D eigenvalue weighted by Gasteiger charge is -2.16. The summed E-state index contributed by atoms with van der Waals surface area (Å²) in [6.07, 6.45) is 3.30. The molecule has 6 nitrogen and oxygen atoms in total. The maximum Gasteiger partial charge on any atom is 0.270 e. The number of nitrogens with one attached hydrogen (secondary N) is 2. The summed E-state index contributed by atoms with van der Waals surface area (Å²) in [6, 6.07) is 3.58. The minimum absolute atomic E-state index is 0.0999. The van der Waals surface area contributed by atoms with Crippen LogP contribution in [0.2, 0.25) is 0 Å². The first-order valence-electron chi connectivity index (χ1n) is 6.87. The molecule has 110 valence electrons. The van der Waals surface area contributed by atoms with Gasteiger partial charge in [0.2, 0.25) is 0 Å². The van der Waals surface area contributed by atoms with Gasteiger partial charge >= 0.3 is 0 Å². The van der Waals surface area contributed by atoms with E-state index in [4.69, 9.17) is 5.26 Å². The minimum atomic E-state index is -0.0999. The van der Waals surface area contributed by atoms with Crippen LogP contribution in [-0.2, 0) is 6.42 Å². The SMILES string of the molecule is Cc1n[nH]c(C)c1CCCN(C)C(=O)c1cc(C#N)c[nH]1. The van der Waals surface area contributed by atoms with E-state index in [1.165, 1.54) is 5.56 Å². The van der Waals surface area contributed by atoms with Crippen molar-refractivity contribution in [2.24, 2.45) is 0 Å². The highest BCUT2D eigenvalue weighted by Crippen LogP contribution is 2.12. The lowest BCUT2D eigenvalue weighted by atomic mass is 10.1. The average Bonchev–Trinajstić information content (AvgIpc) is 3.07. The Morgan fingerprint density at radius 2 is 2.24 bits per heavy atom. The summed E-state index contributed by atoms with van der Waals surface area (Å²) in [6.45, 7) is 4.65. The zero-order chi connectivity index (χ0) is 15.4. The molecular weight excluding hydrogens is 266 g/mol. The van der Waals surface area contributed by atoms with Crippen LogP contribution in [0.3, 0.4) is 0 Å². The topological polar surface area (TPSA) is 88.6 Å². The van der Waals surface area contributed by atoms with Crippen LogP contribution in [0.1, 0.15) is 39.4 Å². The predicted octanol–water partition coefficient (Wildman–Crippen LogP) is 1.93. The third-order valence-electron chi connectivity index (χ3n) is 3.59. The second-order valence-corrected chi connectivity index (χ2v) is 5.16. The van der Waals surface area contributed by atoms with Crippen molar-refractivity contribution < 1.29 is 4.79 Å². The van der Waals surface area contributed by atoms with Crippen LogP contribution in [-0.4, -0.2) is 39.6 Å². The summed E-state index contributed by atoms with van der Waals surface area (Å²) in [4.78, 5) is 16.7. The summed E-state index contributed by atoms with van der Waals surface area (Å²) in [7, 11) is 1.77. The number of aryl methyl sites for hydroxylation is 2. The molecule has 0 spiro atoms. The predicted molar refractivity (Wildman–Crippen MR) is 78.9 cm³/mol. The summed E-state index contributed by atoms with van der Waals surface area (Å²) < 4.78 is 0. The van der Waals surface area contributed by atoms with Gasteiger partial charge in [-0.25, -0.2) is 0 Å². The lowest BCUT2D eigenvalue weighted by molar-refractivity contribution is 0.0788. The van der Waals surface area contributed by atoms with Gasteiger partial charge in [0, 0.05) is 25.5 Å². The van der Waals surface area contributed by atoms with Gasteiger partial charge < -0.3 is 9.88 Å². The largest absolute Gasteiger partial charge is 0.356 e. The van der Waals surface area contributed by atoms with Crippen molar-refractivity contribution >= 4 is 5.91 Å². The minimum Gasteiger partial charge on any atom is -0.356 e. The molecule has 0 bridgehead atoms. The molecule has 0 atom stereocenters. The second kappa shape index (κ2) is 6.27. The Morgan fingerprint density at radius 1 is 1.48 bits per heavy atom. The van der Waals surface area contributed by atoms with Crippen molar-refractivity contribution in [3.63, 3.8) is 0 Å². The van der Waals surface area contributed by atoms with E-state index in [1.807, 2.05) is 19.9 Å². The number of rotatable bonds is 5. The number of aromatic nitrogens is 3. The summed E-state index contributed by atoms with van der Waals surface area (Å²) in [5.41, 5.74) is 4.25. The van der Waals surface area contributed by atoms with Gasteiger partial charge in [0.05, 0.1) is 11.3 Å². The van der Waals surface area contributed by atoms with E-state index in [1.54, 1.807) is 24.2 Å². The summed E-state index contributed by atoms with van der Waals surface area (Å²) >= 11 is 0. The number of hydrogen-bond acceptors (Lipinski definition) is 3. The fraction of sp³-hybridized carbons (Fsp3) is 0.400. The molecular formula is C15H19N5O. The number of nitrogens with zero attached hydrogens (tertiary/aromatic N) is 3. The molecule has 0 fully saturated rings. The van der Waals surface area contributed by atoms with Crippen LogP contribution >= 0.6 is 0 Å². The van der Waals surface area contributed by atoms with E-state index in [9.17, 15) is 4.79 Å². The van der Waals surface area contributed by atoms with Gasteiger partial charge in [-0.1, -0.05) is 0 Å². The standard InChI is InChI=1S/C15H19N5O/c1-10-13(11(2)19-18-10)5-4-6-20(3)15(21)14-7-12(8-16)9-17-14/h7,9,17H,4-6H2,1-3H3,(H,18,19). The van der Waals surface area contributed by atoms with E-state index in [0.29, 0.717) is 17.8 Å². The molecule has 0 unspecified atom stereocenters. The fourth-order valence-electron chi connectivity index (χ4n) is 2.32. The van der Waals surface area contributed by atoms with Gasteiger partial charge in [0.25, 0.3) is 5.91 Å². The van der Waals surface area contributed by atoms with E-state index in [0.717, 1.165) is 24.2 Å². The van der Waals surface area contributed by atoms with E-state index in [-0.39, 0.29) is 5.91 Å². The normalized spacial score (nSPS) is 10.4. The Hall–Kier alpha value is -2.55. The third kappa shape index (κ3) is 3.31. The number of amides is 1. The molecule has 2 aromatic rings. The van der Waals surface area contributed by atoms with Gasteiger partial charge in [-0.05, 0) is 38.3 Å². The van der Waals surface area contributed by atoms with Gasteiger partial charge in [-0.3, -0.25) is 9.89 Å². The van der Waals surface area contributed by atoms with E-state index < -0.39 is 0 Å². The molecule has 0 aliphatic heterocycles. The van der Waals surface area contributed by atoms with Gasteiger partial charge in [0.15, 0.2) is 0 Å². The Morgan fingerprint density at radius 3 is 2.81 bits per heavy atom. The number of H-pyrrole nitrogens is 2. The van der Waals surface area contributed by atoms with Crippen LogP contribution in [0.15, 0.2) is 12.3 Å². The Kier molecular flexibility index (Phi) is 4.43. The first-order valence-corrected chi connectivity index (χ1v) is 6.87. The van der Waals surface area contributed by atoms with E-state index in [2.05, 4.69) is 15.2 Å². The molecule has 6 heteroatoms. The Balaban J connectivity index is 1.88. The second-order valence-electron chi connectivity index (χ2n) is 5.16. The first-order chi connectivity index (χ1) is 10.0. The number of aromatic amines is 2. The molecule has 0 aliphatic carbocycles. The number of nitriles is 1. The van der Waals surface area contributed by atoms with Crippen LogP contribution in [0, 0.1) is 25.2 Å². The average molecular weight is 285 g/mol. The highest BCUT2D eigenvalue weighted by atomic mass is 16.2. The smallest absolute Gasteiger partial charge is 0.270 e. The molecule has 21 heavy (non-hydrogen) atoms. The van der Waals surface area contributed by atoms with Crippen molar-refractivity contribution in [3.05, 3.63) is 40.5 Å². The highest BCUT2D eigenvalue weighted by Gasteiger charge is 2.14. The summed E-state index contributed by atoms with van der Waals surface area (Å²) in [5, 5.41) is 15.9. The van der Waals surface area contributed by atoms with Crippen molar-refractivity contribution in [1.82, 2.24) is 20.1 Å². The van der Waals surface area contributed by atoms with Crippen molar-refractivity contribution in [2.75, 3.05) is 13.6 Å². The molecule has 2 N–H and O–H groups in total. The molecule has 2 heterocycles. The first kappa shape index (κ1) is 14.9. The molecule has 2 aromatic heterocycles.